The standard InChI is InChI=1S/C49H95NO5/c1-3-5-7-9-11-13-15-17-19-21-25-29-33-37-41-47(52)46(45-51)50-48(53)42-38-34-30-26-22-20-24-28-32-36-40-44-55-49(54)43-39-35-31-27-23-18-16-14-12-10-8-6-4-2/h14,16,46-47,51-52H,3-13,15,17-45H2,1-2H3,(H,50,53)/b16-14-. The lowest BCUT2D eigenvalue weighted by molar-refractivity contribution is -0.143. The second kappa shape index (κ2) is 45.3. The van der Waals surface area contributed by atoms with Crippen LogP contribution in [0, 0.1) is 0 Å². The highest BCUT2D eigenvalue weighted by molar-refractivity contribution is 5.76. The Hall–Kier alpha value is -1.40. The lowest BCUT2D eigenvalue weighted by Crippen LogP contribution is -2.45. The molecule has 0 bridgehead atoms. The lowest BCUT2D eigenvalue weighted by Gasteiger charge is -2.22. The summed E-state index contributed by atoms with van der Waals surface area (Å²) in [6, 6.07) is -0.554. The number of unbranched alkanes of at least 4 members (excludes halogenated alkanes) is 32. The lowest BCUT2D eigenvalue weighted by atomic mass is 10.0. The van der Waals surface area contributed by atoms with Crippen LogP contribution in [0.15, 0.2) is 12.2 Å². The molecule has 0 aromatic carbocycles. The number of rotatable bonds is 45. The number of ether oxygens (including phenoxy) is 1. The van der Waals surface area contributed by atoms with Crippen LogP contribution in [0.5, 0.6) is 0 Å². The number of carbonyl (C=O) groups is 2. The van der Waals surface area contributed by atoms with Crippen LogP contribution < -0.4 is 5.32 Å². The van der Waals surface area contributed by atoms with Crippen molar-refractivity contribution in [3.63, 3.8) is 0 Å². The number of amides is 1. The summed E-state index contributed by atoms with van der Waals surface area (Å²) in [5.74, 6) is -0.0767. The molecule has 0 fully saturated rings. The number of aliphatic hydroxyl groups is 2. The van der Waals surface area contributed by atoms with Gasteiger partial charge in [0, 0.05) is 12.8 Å². The molecular formula is C49H95NO5. The number of nitrogens with one attached hydrogen (secondary N) is 1. The zero-order valence-electron chi connectivity index (χ0n) is 36.9. The van der Waals surface area contributed by atoms with Gasteiger partial charge in [0.25, 0.3) is 0 Å². The largest absolute Gasteiger partial charge is 0.466 e. The summed E-state index contributed by atoms with van der Waals surface area (Å²) in [6.45, 7) is 4.89. The summed E-state index contributed by atoms with van der Waals surface area (Å²) in [4.78, 5) is 24.4. The molecule has 0 spiro atoms. The third-order valence-corrected chi connectivity index (χ3v) is 11.3. The smallest absolute Gasteiger partial charge is 0.305 e. The monoisotopic (exact) mass is 778 g/mol. The average molecular weight is 778 g/mol. The number of aliphatic hydroxyl groups excluding tert-OH is 2. The van der Waals surface area contributed by atoms with E-state index in [1.165, 1.54) is 173 Å². The van der Waals surface area contributed by atoms with Crippen molar-refractivity contribution in [2.24, 2.45) is 0 Å². The highest BCUT2D eigenvalue weighted by Crippen LogP contribution is 2.16. The number of esters is 1. The molecule has 3 N–H and O–H groups in total. The minimum atomic E-state index is -0.675. The molecule has 6 heteroatoms. The molecule has 0 aliphatic carbocycles. The Kier molecular flexibility index (Phi) is 44.2. The fourth-order valence-corrected chi connectivity index (χ4v) is 7.51. The zero-order valence-corrected chi connectivity index (χ0v) is 36.9. The maximum absolute atomic E-state index is 12.4. The highest BCUT2D eigenvalue weighted by Gasteiger charge is 2.20. The third kappa shape index (κ3) is 42.0. The molecule has 0 aromatic rings. The first-order chi connectivity index (χ1) is 27.0. The van der Waals surface area contributed by atoms with E-state index in [0.717, 1.165) is 57.8 Å². The van der Waals surface area contributed by atoms with Crippen molar-refractivity contribution < 1.29 is 24.5 Å². The molecule has 326 valence electrons. The molecule has 6 nitrogen and oxygen atoms in total. The number of carbonyl (C=O) groups excluding carboxylic acids is 2. The maximum atomic E-state index is 12.4. The van der Waals surface area contributed by atoms with E-state index in [1.807, 2.05) is 0 Å². The first-order valence-corrected chi connectivity index (χ1v) is 24.4. The van der Waals surface area contributed by atoms with Gasteiger partial charge in [0.2, 0.25) is 5.91 Å². The van der Waals surface area contributed by atoms with E-state index < -0.39 is 12.1 Å². The molecule has 55 heavy (non-hydrogen) atoms. The molecule has 0 rings (SSSR count). The van der Waals surface area contributed by atoms with Gasteiger partial charge >= 0.3 is 5.97 Å². The summed E-state index contributed by atoms with van der Waals surface area (Å²) in [6.07, 6.45) is 50.2. The van der Waals surface area contributed by atoms with Gasteiger partial charge in [-0.05, 0) is 51.4 Å². The molecule has 0 saturated carbocycles. The van der Waals surface area contributed by atoms with Crippen LogP contribution in [-0.2, 0) is 14.3 Å². The number of hydrogen-bond acceptors (Lipinski definition) is 5. The summed E-state index contributed by atoms with van der Waals surface area (Å²) in [7, 11) is 0. The first-order valence-electron chi connectivity index (χ1n) is 24.4. The van der Waals surface area contributed by atoms with Crippen molar-refractivity contribution >= 4 is 11.9 Å². The van der Waals surface area contributed by atoms with E-state index in [-0.39, 0.29) is 18.5 Å². The Morgan fingerprint density at radius 2 is 0.855 bits per heavy atom. The molecule has 2 atom stereocenters. The van der Waals surface area contributed by atoms with Crippen molar-refractivity contribution in [1.82, 2.24) is 5.32 Å². The zero-order chi connectivity index (χ0) is 40.1. The topological polar surface area (TPSA) is 95.9 Å². The SMILES string of the molecule is CCCCCC/C=C\CCCCCCCC(=O)OCCCCCCCCCCCCCC(=O)NC(CO)C(O)CCCCCCCCCCCCCCCC. The van der Waals surface area contributed by atoms with Gasteiger partial charge in [-0.2, -0.15) is 0 Å². The minimum absolute atomic E-state index is 0.0228. The van der Waals surface area contributed by atoms with Gasteiger partial charge in [-0.15, -0.1) is 0 Å². The highest BCUT2D eigenvalue weighted by atomic mass is 16.5. The van der Waals surface area contributed by atoms with Gasteiger partial charge < -0.3 is 20.3 Å². The average Bonchev–Trinajstić information content (AvgIpc) is 3.18. The molecule has 0 aliphatic rings. The summed E-state index contributed by atoms with van der Waals surface area (Å²) in [5, 5.41) is 23.2. The fraction of sp³-hybridized carbons (Fsp3) is 0.918. The normalized spacial score (nSPS) is 12.7. The second-order valence-corrected chi connectivity index (χ2v) is 16.8. The Balaban J connectivity index is 3.48. The van der Waals surface area contributed by atoms with Gasteiger partial charge in [-0.25, -0.2) is 0 Å². The first kappa shape index (κ1) is 53.6. The van der Waals surface area contributed by atoms with Crippen LogP contribution in [-0.4, -0.2) is 47.4 Å². The number of allylic oxidation sites excluding steroid dienone is 2. The van der Waals surface area contributed by atoms with Gasteiger partial charge in [-0.1, -0.05) is 212 Å². The Bertz CT molecular complexity index is 817. The van der Waals surface area contributed by atoms with E-state index >= 15 is 0 Å². The Morgan fingerprint density at radius 1 is 0.491 bits per heavy atom. The van der Waals surface area contributed by atoms with E-state index in [4.69, 9.17) is 4.74 Å². The van der Waals surface area contributed by atoms with E-state index in [1.54, 1.807) is 0 Å². The second-order valence-electron chi connectivity index (χ2n) is 16.8. The quantitative estimate of drug-likeness (QED) is 0.0325. The van der Waals surface area contributed by atoms with E-state index in [0.29, 0.717) is 25.9 Å². The van der Waals surface area contributed by atoms with Gasteiger partial charge in [0.05, 0.1) is 25.4 Å². The molecule has 2 unspecified atom stereocenters. The summed E-state index contributed by atoms with van der Waals surface area (Å²) in [5.41, 5.74) is 0. The summed E-state index contributed by atoms with van der Waals surface area (Å²) >= 11 is 0. The van der Waals surface area contributed by atoms with Crippen LogP contribution in [0.4, 0.5) is 0 Å². The van der Waals surface area contributed by atoms with Crippen LogP contribution in [0.25, 0.3) is 0 Å². The molecule has 0 aromatic heterocycles. The van der Waals surface area contributed by atoms with Gasteiger partial charge in [0.15, 0.2) is 0 Å². The van der Waals surface area contributed by atoms with Crippen LogP contribution >= 0.6 is 0 Å². The predicted molar refractivity (Wildman–Crippen MR) is 237 cm³/mol. The van der Waals surface area contributed by atoms with Crippen molar-refractivity contribution in [3.05, 3.63) is 12.2 Å². The third-order valence-electron chi connectivity index (χ3n) is 11.3. The maximum Gasteiger partial charge on any atom is 0.305 e. The van der Waals surface area contributed by atoms with Crippen LogP contribution in [0.2, 0.25) is 0 Å². The summed E-state index contributed by atoms with van der Waals surface area (Å²) < 4.78 is 5.44. The van der Waals surface area contributed by atoms with Gasteiger partial charge in [-0.3, -0.25) is 9.59 Å². The predicted octanol–water partition coefficient (Wildman–Crippen LogP) is 14.2. The molecule has 0 heterocycles. The fourth-order valence-electron chi connectivity index (χ4n) is 7.51. The Labute approximate surface area is 342 Å². The van der Waals surface area contributed by atoms with Gasteiger partial charge in [0.1, 0.15) is 0 Å². The molecule has 1 amide bonds. The molecular weight excluding hydrogens is 683 g/mol. The van der Waals surface area contributed by atoms with E-state index in [9.17, 15) is 19.8 Å². The molecule has 0 saturated heterocycles. The number of hydrogen-bond donors (Lipinski definition) is 3. The molecule has 0 aliphatic heterocycles. The van der Waals surface area contributed by atoms with Crippen molar-refractivity contribution in [1.29, 1.82) is 0 Å². The van der Waals surface area contributed by atoms with Crippen LogP contribution in [0.3, 0.4) is 0 Å². The van der Waals surface area contributed by atoms with Crippen molar-refractivity contribution in [3.8, 4) is 0 Å². The Morgan fingerprint density at radius 3 is 1.31 bits per heavy atom. The van der Waals surface area contributed by atoms with E-state index in [2.05, 4.69) is 31.3 Å². The minimum Gasteiger partial charge on any atom is -0.466 e. The molecule has 0 radical (unpaired) electrons. The van der Waals surface area contributed by atoms with Crippen LogP contribution in [0.1, 0.15) is 264 Å². The van der Waals surface area contributed by atoms with Crippen molar-refractivity contribution in [2.45, 2.75) is 276 Å². The van der Waals surface area contributed by atoms with Crippen molar-refractivity contribution in [2.75, 3.05) is 13.2 Å².